The largest absolute Gasteiger partial charge is 0.370 e. The van der Waals surface area contributed by atoms with Crippen molar-refractivity contribution in [2.75, 3.05) is 39.4 Å². The number of nitrogens with one attached hydrogen (secondary N) is 3. The summed E-state index contributed by atoms with van der Waals surface area (Å²) in [4.78, 5) is 1.60. The summed E-state index contributed by atoms with van der Waals surface area (Å²) in [5, 5.41) is 7.65. The Morgan fingerprint density at radius 1 is 1.27 bits per heavy atom. The second-order valence-corrected chi connectivity index (χ2v) is 6.56. The van der Waals surface area contributed by atoms with Crippen LogP contribution in [0, 0.1) is 0 Å². The van der Waals surface area contributed by atoms with Crippen LogP contribution in [-0.2, 0) is 11.2 Å². The lowest BCUT2D eigenvalue weighted by molar-refractivity contribution is -0.906. The molecular formula is C17H26N3OS+. The van der Waals surface area contributed by atoms with E-state index in [2.05, 4.69) is 34.9 Å². The summed E-state index contributed by atoms with van der Waals surface area (Å²) in [6.07, 6.45) is 3.58. The highest BCUT2D eigenvalue weighted by Gasteiger charge is 2.20. The smallest absolute Gasteiger partial charge is 0.166 e. The van der Waals surface area contributed by atoms with Gasteiger partial charge in [0.05, 0.1) is 32.3 Å². The average Bonchev–Trinajstić information content (AvgIpc) is 2.56. The van der Waals surface area contributed by atoms with Gasteiger partial charge >= 0.3 is 0 Å². The van der Waals surface area contributed by atoms with Gasteiger partial charge in [0.1, 0.15) is 13.1 Å². The van der Waals surface area contributed by atoms with Crippen molar-refractivity contribution in [3.8, 4) is 0 Å². The fourth-order valence-electron chi connectivity index (χ4n) is 3.38. The molecular weight excluding hydrogens is 294 g/mol. The molecule has 0 aromatic heterocycles. The van der Waals surface area contributed by atoms with Crippen LogP contribution in [0.25, 0.3) is 0 Å². The molecule has 1 aliphatic carbocycles. The van der Waals surface area contributed by atoms with Crippen LogP contribution in [0.1, 0.15) is 30.0 Å². The molecule has 1 unspecified atom stereocenters. The van der Waals surface area contributed by atoms with Crippen molar-refractivity contribution in [2.24, 2.45) is 0 Å². The average molecular weight is 320 g/mol. The van der Waals surface area contributed by atoms with Crippen LogP contribution in [-0.4, -0.2) is 44.5 Å². The molecule has 0 bridgehead atoms. The summed E-state index contributed by atoms with van der Waals surface area (Å²) < 4.78 is 5.38. The van der Waals surface area contributed by atoms with E-state index < -0.39 is 0 Å². The maximum Gasteiger partial charge on any atom is 0.166 e. The summed E-state index contributed by atoms with van der Waals surface area (Å²) >= 11 is 5.47. The monoisotopic (exact) mass is 320 g/mol. The maximum absolute atomic E-state index is 5.47. The zero-order valence-corrected chi connectivity index (χ0v) is 13.9. The van der Waals surface area contributed by atoms with Crippen LogP contribution >= 0.6 is 12.2 Å². The number of morpholine rings is 1. The highest BCUT2D eigenvalue weighted by Crippen LogP contribution is 2.29. The molecule has 1 saturated heterocycles. The Morgan fingerprint density at radius 2 is 2.09 bits per heavy atom. The first-order valence-corrected chi connectivity index (χ1v) is 8.77. The fourth-order valence-corrected chi connectivity index (χ4v) is 3.62. The molecule has 0 amide bonds. The predicted octanol–water partition coefficient (Wildman–Crippen LogP) is 0.443. The SMILES string of the molecule is S=C(NCC[NH+]1CCOCC1)NC1CCCc2ccccc21. The van der Waals surface area contributed by atoms with Crippen LogP contribution in [0.15, 0.2) is 24.3 Å². The van der Waals surface area contributed by atoms with Gasteiger partial charge in [-0.15, -0.1) is 0 Å². The first-order valence-electron chi connectivity index (χ1n) is 8.36. The standard InChI is InChI=1S/C17H25N3OS/c22-17(18-8-9-20-10-12-21-13-11-20)19-16-7-3-5-14-4-1-2-6-15(14)16/h1-2,4,6,16H,3,5,7-13H2,(H2,18,19,22)/p+1. The Kier molecular flexibility index (Phi) is 5.64. The number of ether oxygens (including phenoxy) is 1. The van der Waals surface area contributed by atoms with Gasteiger partial charge in [-0.05, 0) is 42.6 Å². The van der Waals surface area contributed by atoms with Crippen molar-refractivity contribution in [3.63, 3.8) is 0 Å². The van der Waals surface area contributed by atoms with E-state index >= 15 is 0 Å². The molecule has 0 spiro atoms. The van der Waals surface area contributed by atoms with E-state index in [1.165, 1.54) is 24.0 Å². The molecule has 1 heterocycles. The minimum absolute atomic E-state index is 0.362. The quantitative estimate of drug-likeness (QED) is 0.704. The van der Waals surface area contributed by atoms with Crippen LogP contribution in [0.3, 0.4) is 0 Å². The maximum atomic E-state index is 5.47. The van der Waals surface area contributed by atoms with E-state index in [1.807, 2.05) is 0 Å². The Balaban J connectivity index is 1.44. The molecule has 1 fully saturated rings. The van der Waals surface area contributed by atoms with Crippen molar-refractivity contribution >= 4 is 17.3 Å². The lowest BCUT2D eigenvalue weighted by atomic mass is 9.88. The van der Waals surface area contributed by atoms with Crippen molar-refractivity contribution in [1.82, 2.24) is 10.6 Å². The van der Waals surface area contributed by atoms with Crippen molar-refractivity contribution in [1.29, 1.82) is 0 Å². The van der Waals surface area contributed by atoms with E-state index in [0.717, 1.165) is 50.9 Å². The van der Waals surface area contributed by atoms with Gasteiger partial charge in [0.25, 0.3) is 0 Å². The van der Waals surface area contributed by atoms with E-state index in [-0.39, 0.29) is 0 Å². The second-order valence-electron chi connectivity index (χ2n) is 6.16. The van der Waals surface area contributed by atoms with Gasteiger partial charge in [0.15, 0.2) is 5.11 Å². The number of benzene rings is 1. The molecule has 1 aromatic carbocycles. The van der Waals surface area contributed by atoms with Crippen molar-refractivity contribution in [2.45, 2.75) is 25.3 Å². The minimum Gasteiger partial charge on any atom is -0.370 e. The first-order chi connectivity index (χ1) is 10.8. The van der Waals surface area contributed by atoms with Crippen LogP contribution in [0.5, 0.6) is 0 Å². The highest BCUT2D eigenvalue weighted by atomic mass is 32.1. The van der Waals surface area contributed by atoms with E-state index in [1.54, 1.807) is 4.90 Å². The van der Waals surface area contributed by atoms with Crippen molar-refractivity contribution in [3.05, 3.63) is 35.4 Å². The molecule has 4 nitrogen and oxygen atoms in total. The molecule has 1 aliphatic heterocycles. The van der Waals surface area contributed by atoms with E-state index in [9.17, 15) is 0 Å². The first kappa shape index (κ1) is 15.7. The normalized spacial score (nSPS) is 21.9. The number of thiocarbonyl (C=S) groups is 1. The second kappa shape index (κ2) is 7.90. The lowest BCUT2D eigenvalue weighted by Gasteiger charge is -2.28. The third kappa shape index (κ3) is 4.18. The molecule has 5 heteroatoms. The molecule has 1 atom stereocenters. The Bertz CT molecular complexity index is 502. The Hall–Kier alpha value is -1.17. The van der Waals surface area contributed by atoms with Crippen LogP contribution in [0.2, 0.25) is 0 Å². The third-order valence-corrected chi connectivity index (χ3v) is 4.90. The molecule has 0 radical (unpaired) electrons. The third-order valence-electron chi connectivity index (χ3n) is 4.64. The summed E-state index contributed by atoms with van der Waals surface area (Å²) in [6, 6.07) is 9.08. The molecule has 22 heavy (non-hydrogen) atoms. The Labute approximate surface area is 138 Å². The van der Waals surface area contributed by atoms with E-state index in [0.29, 0.717) is 6.04 Å². The topological polar surface area (TPSA) is 37.7 Å². The number of hydrogen-bond donors (Lipinski definition) is 3. The van der Waals surface area contributed by atoms with Gasteiger partial charge in [0, 0.05) is 0 Å². The molecule has 0 saturated carbocycles. The molecule has 3 N–H and O–H groups in total. The number of quaternary nitrogens is 1. The van der Waals surface area contributed by atoms with Gasteiger partial charge in [0.2, 0.25) is 0 Å². The molecule has 3 rings (SSSR count). The van der Waals surface area contributed by atoms with Gasteiger partial charge in [-0.1, -0.05) is 24.3 Å². The minimum atomic E-state index is 0.362. The number of fused-ring (bicyclic) bond motifs is 1. The van der Waals surface area contributed by atoms with E-state index in [4.69, 9.17) is 17.0 Å². The van der Waals surface area contributed by atoms with Gasteiger partial charge < -0.3 is 20.3 Å². The zero-order valence-electron chi connectivity index (χ0n) is 13.1. The van der Waals surface area contributed by atoms with Crippen molar-refractivity contribution < 1.29 is 9.64 Å². The Morgan fingerprint density at radius 3 is 2.95 bits per heavy atom. The summed E-state index contributed by atoms with van der Waals surface area (Å²) in [5.41, 5.74) is 2.88. The van der Waals surface area contributed by atoms with Gasteiger partial charge in [-0.2, -0.15) is 0 Å². The fraction of sp³-hybridized carbons (Fsp3) is 0.588. The molecule has 2 aliphatic rings. The molecule has 120 valence electrons. The zero-order chi connectivity index (χ0) is 15.2. The van der Waals surface area contributed by atoms with Gasteiger partial charge in [-0.25, -0.2) is 0 Å². The summed E-state index contributed by atoms with van der Waals surface area (Å²) in [5.74, 6) is 0. The molecule has 1 aromatic rings. The lowest BCUT2D eigenvalue weighted by Crippen LogP contribution is -3.14. The highest BCUT2D eigenvalue weighted by molar-refractivity contribution is 7.80. The number of rotatable bonds is 4. The van der Waals surface area contributed by atoms with Gasteiger partial charge in [-0.3, -0.25) is 0 Å². The predicted molar refractivity (Wildman–Crippen MR) is 92.2 cm³/mol. The van der Waals surface area contributed by atoms with Crippen LogP contribution < -0.4 is 15.5 Å². The number of hydrogen-bond acceptors (Lipinski definition) is 2. The summed E-state index contributed by atoms with van der Waals surface area (Å²) in [6.45, 7) is 6.02. The number of aryl methyl sites for hydroxylation is 1. The summed E-state index contributed by atoms with van der Waals surface area (Å²) in [7, 11) is 0. The van der Waals surface area contributed by atoms with Crippen LogP contribution in [0.4, 0.5) is 0 Å².